The number of hydrogen-bond donors (Lipinski definition) is 1. The summed E-state index contributed by atoms with van der Waals surface area (Å²) in [4.78, 5) is 28.4. The normalized spacial score (nSPS) is 25.4. The topological polar surface area (TPSA) is 93.9 Å². The van der Waals surface area contributed by atoms with Crippen LogP contribution >= 0.6 is 27.5 Å². The molecule has 202 valence electrons. The second-order valence-electron chi connectivity index (χ2n) is 10.1. The van der Waals surface area contributed by atoms with Crippen LogP contribution in [0, 0.1) is 10.1 Å². The lowest BCUT2D eigenvalue weighted by atomic mass is 9.77. The van der Waals surface area contributed by atoms with Crippen LogP contribution in [0.15, 0.2) is 65.1 Å². The molecule has 2 fully saturated rings. The van der Waals surface area contributed by atoms with Crippen LogP contribution in [0.25, 0.3) is 0 Å². The van der Waals surface area contributed by atoms with Gasteiger partial charge in [-0.1, -0.05) is 41.9 Å². The summed E-state index contributed by atoms with van der Waals surface area (Å²) < 4.78 is 12.8. The summed E-state index contributed by atoms with van der Waals surface area (Å²) in [5.41, 5.74) is 1.59. The molecule has 4 atom stereocenters. The second kappa shape index (κ2) is 10.1. The van der Waals surface area contributed by atoms with Gasteiger partial charge in [-0.25, -0.2) is 0 Å². The fourth-order valence-electron chi connectivity index (χ4n) is 6.74. The van der Waals surface area contributed by atoms with Gasteiger partial charge in [0, 0.05) is 33.8 Å². The van der Waals surface area contributed by atoms with E-state index in [1.165, 1.54) is 0 Å². The number of nitrogens with zero attached hydrogens (tertiary/aromatic N) is 2. The van der Waals surface area contributed by atoms with Gasteiger partial charge in [0.1, 0.15) is 6.61 Å². The third-order valence-electron chi connectivity index (χ3n) is 8.08. The molecule has 2 saturated heterocycles. The summed E-state index contributed by atoms with van der Waals surface area (Å²) >= 11 is 9.78. The minimum Gasteiger partial charge on any atom is -0.490 e. The highest BCUT2D eigenvalue weighted by Gasteiger charge is 2.73. The monoisotopic (exact) mass is 611 g/mol. The van der Waals surface area contributed by atoms with Crippen LogP contribution in [0.2, 0.25) is 5.02 Å². The molecular weight excluding hydrogens is 586 g/mol. The maximum Gasteiger partial charge on any atom is 0.256 e. The summed E-state index contributed by atoms with van der Waals surface area (Å²) in [7, 11) is 0. The lowest BCUT2D eigenvalue weighted by Gasteiger charge is -2.32. The third kappa shape index (κ3) is 4.10. The number of nitrogens with one attached hydrogen (secondary N) is 1. The van der Waals surface area contributed by atoms with E-state index in [9.17, 15) is 14.9 Å². The van der Waals surface area contributed by atoms with Crippen molar-refractivity contribution in [1.29, 1.82) is 0 Å². The fraction of sp³-hybridized carbons (Fsp3) is 0.345. The Kier molecular flexibility index (Phi) is 6.77. The van der Waals surface area contributed by atoms with E-state index < -0.39 is 17.5 Å². The quantitative estimate of drug-likeness (QED) is 0.255. The molecule has 1 N–H and O–H groups in total. The van der Waals surface area contributed by atoms with Gasteiger partial charge in [0.15, 0.2) is 17.0 Å². The van der Waals surface area contributed by atoms with Crippen LogP contribution in [0.3, 0.4) is 0 Å². The number of anilines is 1. The number of benzene rings is 3. The van der Waals surface area contributed by atoms with Gasteiger partial charge >= 0.3 is 0 Å². The Balaban J connectivity index is 1.44. The molecule has 8 nitrogen and oxygen atoms in total. The van der Waals surface area contributed by atoms with Crippen molar-refractivity contribution in [2.75, 3.05) is 18.5 Å². The molecule has 1 amide bonds. The van der Waals surface area contributed by atoms with Gasteiger partial charge < -0.3 is 14.8 Å². The minimum atomic E-state index is -1.37. The van der Waals surface area contributed by atoms with Crippen LogP contribution in [0.5, 0.6) is 11.5 Å². The minimum absolute atomic E-state index is 0.170. The largest absolute Gasteiger partial charge is 0.490 e. The molecule has 0 radical (unpaired) electrons. The van der Waals surface area contributed by atoms with Gasteiger partial charge in [-0.3, -0.25) is 19.8 Å². The maximum absolute atomic E-state index is 13.7. The smallest absolute Gasteiger partial charge is 0.256 e. The van der Waals surface area contributed by atoms with Gasteiger partial charge in [-0.15, -0.1) is 0 Å². The van der Waals surface area contributed by atoms with Crippen LogP contribution in [-0.4, -0.2) is 41.0 Å². The Morgan fingerprint density at radius 3 is 2.77 bits per heavy atom. The number of carbonyl (C=O) groups is 1. The van der Waals surface area contributed by atoms with E-state index in [0.29, 0.717) is 45.4 Å². The first-order valence-corrected chi connectivity index (χ1v) is 14.2. The molecule has 0 saturated carbocycles. The van der Waals surface area contributed by atoms with E-state index in [4.69, 9.17) is 21.1 Å². The first kappa shape index (κ1) is 26.1. The van der Waals surface area contributed by atoms with Gasteiger partial charge in [0.25, 0.3) is 11.9 Å². The van der Waals surface area contributed by atoms with E-state index in [-0.39, 0.29) is 23.5 Å². The molecule has 10 heteroatoms. The second-order valence-corrected chi connectivity index (χ2v) is 11.4. The van der Waals surface area contributed by atoms with E-state index in [1.807, 2.05) is 61.5 Å². The van der Waals surface area contributed by atoms with Crippen molar-refractivity contribution < 1.29 is 19.2 Å². The lowest BCUT2D eigenvalue weighted by Crippen LogP contribution is -2.55. The first-order chi connectivity index (χ1) is 18.9. The molecule has 3 aromatic carbocycles. The van der Waals surface area contributed by atoms with Crippen molar-refractivity contribution in [2.24, 2.45) is 0 Å². The van der Waals surface area contributed by atoms with E-state index in [1.54, 1.807) is 6.07 Å². The Bertz CT molecular complexity index is 1470. The highest BCUT2D eigenvalue weighted by Crippen LogP contribution is 2.58. The molecule has 0 aromatic heterocycles. The first-order valence-electron chi connectivity index (χ1n) is 13.0. The zero-order valence-corrected chi connectivity index (χ0v) is 23.6. The third-order valence-corrected chi connectivity index (χ3v) is 8.91. The number of halogens is 2. The van der Waals surface area contributed by atoms with Gasteiger partial charge in [0.2, 0.25) is 0 Å². The van der Waals surface area contributed by atoms with E-state index in [0.717, 1.165) is 24.0 Å². The Morgan fingerprint density at radius 2 is 2.00 bits per heavy atom. The SMILES string of the molecule is CCOc1cc([C@H]2[C@H]([N+](=O)[O-])[C@]3(C(=O)Nc4ccccc43)N3CCC[C@@H]23)cc(Br)c1OCc1cccc(Cl)c1. The van der Waals surface area contributed by atoms with Crippen molar-refractivity contribution in [1.82, 2.24) is 4.90 Å². The zero-order chi connectivity index (χ0) is 27.3. The number of nitro groups is 1. The van der Waals surface area contributed by atoms with Crippen LogP contribution in [0.1, 0.15) is 42.4 Å². The molecule has 39 heavy (non-hydrogen) atoms. The Labute approximate surface area is 239 Å². The number of fused-ring (bicyclic) bond motifs is 4. The fourth-order valence-corrected chi connectivity index (χ4v) is 7.53. The maximum atomic E-state index is 13.7. The van der Waals surface area contributed by atoms with E-state index in [2.05, 4.69) is 26.1 Å². The average molecular weight is 613 g/mol. The number of amides is 1. The standard InChI is InChI=1S/C29H27BrClN3O5/c1-2-38-24-15-18(14-21(30)26(24)39-16-17-7-5-8-19(31)13-17)25-23-11-6-12-33(23)29(27(25)34(36)37)20-9-3-4-10-22(20)32-28(29)35/h3-5,7-10,13-15,23,25,27H,2,6,11-12,16H2,1H3,(H,32,35)/t23-,25+,27-,29+/m0/s1. The molecule has 1 spiro atoms. The number of hydrogen-bond acceptors (Lipinski definition) is 6. The number of carbonyl (C=O) groups excluding carboxylic acids is 1. The number of ether oxygens (including phenoxy) is 2. The van der Waals surface area contributed by atoms with Gasteiger partial charge in [0.05, 0.1) is 17.0 Å². The molecule has 6 rings (SSSR count). The summed E-state index contributed by atoms with van der Waals surface area (Å²) in [5, 5.41) is 16.5. The summed E-state index contributed by atoms with van der Waals surface area (Å²) in [6.45, 7) is 3.16. The molecule has 3 aliphatic heterocycles. The highest BCUT2D eigenvalue weighted by molar-refractivity contribution is 9.10. The zero-order valence-electron chi connectivity index (χ0n) is 21.2. The lowest BCUT2D eigenvalue weighted by molar-refractivity contribution is -0.534. The molecule has 3 heterocycles. The molecule has 0 aliphatic carbocycles. The van der Waals surface area contributed by atoms with Gasteiger partial charge in [-0.05, 0) is 77.2 Å². The number of rotatable bonds is 7. The van der Waals surface area contributed by atoms with Gasteiger partial charge in [-0.2, -0.15) is 0 Å². The highest BCUT2D eigenvalue weighted by atomic mass is 79.9. The summed E-state index contributed by atoms with van der Waals surface area (Å²) in [5.74, 6) is 0.146. The van der Waals surface area contributed by atoms with Crippen molar-refractivity contribution >= 4 is 39.1 Å². The van der Waals surface area contributed by atoms with Crippen LogP contribution in [0.4, 0.5) is 5.69 Å². The van der Waals surface area contributed by atoms with Crippen molar-refractivity contribution in [3.8, 4) is 11.5 Å². The molecular formula is C29H27BrClN3O5. The number of para-hydroxylation sites is 1. The van der Waals surface area contributed by atoms with Crippen molar-refractivity contribution in [3.63, 3.8) is 0 Å². The average Bonchev–Trinajstić information content (AvgIpc) is 3.56. The predicted molar refractivity (Wildman–Crippen MR) is 151 cm³/mol. The molecule has 3 aromatic rings. The summed E-state index contributed by atoms with van der Waals surface area (Å²) in [6.07, 6.45) is 1.63. The molecule has 0 bridgehead atoms. The van der Waals surface area contributed by atoms with Crippen LogP contribution in [-0.2, 0) is 16.9 Å². The summed E-state index contributed by atoms with van der Waals surface area (Å²) in [6, 6.07) is 17.1. The predicted octanol–water partition coefficient (Wildman–Crippen LogP) is 6.13. The molecule has 3 aliphatic rings. The van der Waals surface area contributed by atoms with E-state index >= 15 is 0 Å². The van der Waals surface area contributed by atoms with Crippen LogP contribution < -0.4 is 14.8 Å². The Morgan fingerprint density at radius 1 is 1.18 bits per heavy atom. The van der Waals surface area contributed by atoms with Crippen molar-refractivity contribution in [2.45, 2.75) is 49.9 Å². The molecule has 0 unspecified atom stereocenters. The Hall–Kier alpha value is -3.14. The van der Waals surface area contributed by atoms with Crippen molar-refractivity contribution in [3.05, 3.63) is 97.0 Å².